The fourth-order valence-corrected chi connectivity index (χ4v) is 2.40. The van der Waals surface area contributed by atoms with E-state index >= 15 is 0 Å². The van der Waals surface area contributed by atoms with Crippen molar-refractivity contribution < 1.29 is 9.59 Å². The fraction of sp³-hybridized carbons (Fsp3) is 0.556. The lowest BCUT2D eigenvalue weighted by atomic mass is 9.95. The molecule has 1 aromatic carbocycles. The molecule has 1 saturated carbocycles. The Morgan fingerprint density at radius 3 is 2.27 bits per heavy atom. The van der Waals surface area contributed by atoms with Crippen LogP contribution in [0.25, 0.3) is 0 Å². The molecule has 1 aliphatic rings. The van der Waals surface area contributed by atoms with Crippen molar-refractivity contribution in [2.75, 3.05) is 6.54 Å². The van der Waals surface area contributed by atoms with Gasteiger partial charge in [0.25, 0.3) is 0 Å². The first kappa shape index (κ1) is 16.5. The highest BCUT2D eigenvalue weighted by atomic mass is 16.2. The van der Waals surface area contributed by atoms with E-state index in [1.54, 1.807) is 6.92 Å². The molecule has 0 aliphatic heterocycles. The predicted molar refractivity (Wildman–Crippen MR) is 87.4 cm³/mol. The van der Waals surface area contributed by atoms with Crippen molar-refractivity contribution in [3.63, 3.8) is 0 Å². The Morgan fingerprint density at radius 1 is 1.18 bits per heavy atom. The van der Waals surface area contributed by atoms with Gasteiger partial charge in [-0.2, -0.15) is 0 Å². The zero-order chi connectivity index (χ0) is 16.4. The molecule has 0 bridgehead atoms. The third-order valence-corrected chi connectivity index (χ3v) is 4.26. The highest BCUT2D eigenvalue weighted by molar-refractivity contribution is 5.89. The molecule has 0 radical (unpaired) electrons. The van der Waals surface area contributed by atoms with E-state index in [1.807, 2.05) is 39.0 Å². The summed E-state index contributed by atoms with van der Waals surface area (Å²) >= 11 is 0. The number of carbonyl (C=O) groups is 2. The van der Waals surface area contributed by atoms with Crippen LogP contribution in [0.15, 0.2) is 30.3 Å². The molecule has 1 fully saturated rings. The first-order valence-corrected chi connectivity index (χ1v) is 7.89. The van der Waals surface area contributed by atoms with Crippen LogP contribution in [0, 0.1) is 5.41 Å². The topological polar surface area (TPSA) is 58.2 Å². The number of rotatable bonds is 5. The molecule has 22 heavy (non-hydrogen) atoms. The Kier molecular flexibility index (Phi) is 4.59. The van der Waals surface area contributed by atoms with Gasteiger partial charge in [-0.15, -0.1) is 0 Å². The predicted octanol–water partition coefficient (Wildman–Crippen LogP) is 2.39. The van der Waals surface area contributed by atoms with E-state index in [0.717, 1.165) is 12.8 Å². The molecular formula is C18H26N2O2. The summed E-state index contributed by atoms with van der Waals surface area (Å²) < 4.78 is 0. The van der Waals surface area contributed by atoms with E-state index in [1.165, 1.54) is 5.56 Å². The molecule has 4 nitrogen and oxygen atoms in total. The molecule has 2 N–H and O–H groups in total. The van der Waals surface area contributed by atoms with Gasteiger partial charge in [0.05, 0.1) is 0 Å². The molecule has 0 heterocycles. The Hall–Kier alpha value is -1.84. The summed E-state index contributed by atoms with van der Waals surface area (Å²) in [6.07, 6.45) is 2.19. The average molecular weight is 302 g/mol. The van der Waals surface area contributed by atoms with E-state index in [9.17, 15) is 9.59 Å². The smallest absolute Gasteiger partial charge is 0.242 e. The van der Waals surface area contributed by atoms with Gasteiger partial charge in [0.2, 0.25) is 11.8 Å². The minimum Gasteiger partial charge on any atom is -0.353 e. The molecule has 0 aromatic heterocycles. The molecule has 4 heteroatoms. The lowest BCUT2D eigenvalue weighted by molar-refractivity contribution is -0.133. The first-order chi connectivity index (χ1) is 10.2. The molecule has 1 aliphatic carbocycles. The number of hydrogen-bond donors (Lipinski definition) is 2. The molecule has 2 amide bonds. The molecule has 1 atom stereocenters. The SMILES string of the molecule is CC(NC(=O)C(C)(C)C)C(=O)NCC1(c2ccccc2)CC1. The summed E-state index contributed by atoms with van der Waals surface area (Å²) in [5.41, 5.74) is 0.878. The van der Waals surface area contributed by atoms with Crippen LogP contribution in [-0.4, -0.2) is 24.4 Å². The fourth-order valence-electron chi connectivity index (χ4n) is 2.40. The highest BCUT2D eigenvalue weighted by Gasteiger charge is 2.44. The summed E-state index contributed by atoms with van der Waals surface area (Å²) in [7, 11) is 0. The number of nitrogens with one attached hydrogen (secondary N) is 2. The first-order valence-electron chi connectivity index (χ1n) is 7.89. The molecule has 0 saturated heterocycles. The van der Waals surface area contributed by atoms with Crippen LogP contribution >= 0.6 is 0 Å². The van der Waals surface area contributed by atoms with Gasteiger partial charge in [-0.1, -0.05) is 51.1 Å². The molecule has 1 aromatic rings. The summed E-state index contributed by atoms with van der Waals surface area (Å²) in [5.74, 6) is -0.237. The van der Waals surface area contributed by atoms with Gasteiger partial charge in [0.15, 0.2) is 0 Å². The van der Waals surface area contributed by atoms with Crippen LogP contribution < -0.4 is 10.6 Å². The summed E-state index contributed by atoms with van der Waals surface area (Å²) in [6.45, 7) is 7.86. The largest absolute Gasteiger partial charge is 0.353 e. The van der Waals surface area contributed by atoms with Crippen molar-refractivity contribution in [2.24, 2.45) is 5.41 Å². The Labute approximate surface area is 132 Å². The number of hydrogen-bond acceptors (Lipinski definition) is 2. The number of amides is 2. The van der Waals surface area contributed by atoms with Crippen molar-refractivity contribution in [2.45, 2.75) is 52.0 Å². The van der Waals surface area contributed by atoms with E-state index in [4.69, 9.17) is 0 Å². The number of carbonyl (C=O) groups excluding carboxylic acids is 2. The monoisotopic (exact) mass is 302 g/mol. The highest BCUT2D eigenvalue weighted by Crippen LogP contribution is 2.47. The second-order valence-corrected chi connectivity index (χ2v) is 7.31. The van der Waals surface area contributed by atoms with Crippen molar-refractivity contribution in [1.82, 2.24) is 10.6 Å². The quantitative estimate of drug-likeness (QED) is 0.877. The van der Waals surface area contributed by atoms with Crippen LogP contribution in [0.3, 0.4) is 0 Å². The van der Waals surface area contributed by atoms with E-state index < -0.39 is 11.5 Å². The molecular weight excluding hydrogens is 276 g/mol. The molecule has 1 unspecified atom stereocenters. The van der Waals surface area contributed by atoms with Crippen LogP contribution in [0.4, 0.5) is 0 Å². The minimum atomic E-state index is -0.515. The second-order valence-electron chi connectivity index (χ2n) is 7.31. The van der Waals surface area contributed by atoms with Crippen molar-refractivity contribution in [3.8, 4) is 0 Å². The van der Waals surface area contributed by atoms with Crippen LogP contribution in [0.1, 0.15) is 46.1 Å². The van der Waals surface area contributed by atoms with Gasteiger partial charge < -0.3 is 10.6 Å². The van der Waals surface area contributed by atoms with Crippen molar-refractivity contribution >= 4 is 11.8 Å². The van der Waals surface area contributed by atoms with E-state index in [0.29, 0.717) is 6.54 Å². The van der Waals surface area contributed by atoms with Gasteiger partial charge in [0.1, 0.15) is 6.04 Å². The van der Waals surface area contributed by atoms with Gasteiger partial charge >= 0.3 is 0 Å². The molecule has 0 spiro atoms. The van der Waals surface area contributed by atoms with Gasteiger partial charge in [-0.25, -0.2) is 0 Å². The summed E-state index contributed by atoms with van der Waals surface area (Å²) in [5, 5.41) is 5.75. The molecule has 120 valence electrons. The Morgan fingerprint density at radius 2 is 1.77 bits per heavy atom. The normalized spacial score (nSPS) is 17.5. The lowest BCUT2D eigenvalue weighted by Crippen LogP contribution is -2.49. The van der Waals surface area contributed by atoms with Crippen molar-refractivity contribution in [3.05, 3.63) is 35.9 Å². The van der Waals surface area contributed by atoms with Crippen LogP contribution in [0.2, 0.25) is 0 Å². The standard InChI is InChI=1S/C18H26N2O2/c1-13(20-16(22)17(2,3)4)15(21)19-12-18(10-11-18)14-8-6-5-7-9-14/h5-9,13H,10-12H2,1-4H3,(H,19,21)(H,20,22). The zero-order valence-corrected chi connectivity index (χ0v) is 13.9. The zero-order valence-electron chi connectivity index (χ0n) is 13.9. The van der Waals surface area contributed by atoms with E-state index in [2.05, 4.69) is 22.8 Å². The third kappa shape index (κ3) is 3.87. The summed E-state index contributed by atoms with van der Waals surface area (Å²) in [6, 6.07) is 9.78. The van der Waals surface area contributed by atoms with Gasteiger partial charge in [-0.3, -0.25) is 9.59 Å². The number of benzene rings is 1. The molecule has 2 rings (SSSR count). The maximum Gasteiger partial charge on any atom is 0.242 e. The lowest BCUT2D eigenvalue weighted by Gasteiger charge is -2.23. The Bertz CT molecular complexity index is 542. The van der Waals surface area contributed by atoms with Gasteiger partial charge in [-0.05, 0) is 25.3 Å². The van der Waals surface area contributed by atoms with Crippen LogP contribution in [-0.2, 0) is 15.0 Å². The summed E-state index contributed by atoms with van der Waals surface area (Å²) in [4.78, 5) is 24.1. The average Bonchev–Trinajstić information content (AvgIpc) is 3.25. The maximum absolute atomic E-state index is 12.2. The van der Waals surface area contributed by atoms with Gasteiger partial charge in [0, 0.05) is 17.4 Å². The maximum atomic E-state index is 12.2. The van der Waals surface area contributed by atoms with Crippen molar-refractivity contribution in [1.29, 1.82) is 0 Å². The third-order valence-electron chi connectivity index (χ3n) is 4.26. The second kappa shape index (κ2) is 6.11. The van der Waals surface area contributed by atoms with Crippen LogP contribution in [0.5, 0.6) is 0 Å². The minimum absolute atomic E-state index is 0.0880. The Balaban J connectivity index is 1.87. The van der Waals surface area contributed by atoms with E-state index in [-0.39, 0.29) is 17.2 Å².